The van der Waals surface area contributed by atoms with Gasteiger partial charge in [0.15, 0.2) is 5.58 Å². The van der Waals surface area contributed by atoms with Gasteiger partial charge >= 0.3 is 11.8 Å². The van der Waals surface area contributed by atoms with Crippen LogP contribution in [0.4, 0.5) is 14.3 Å². The van der Waals surface area contributed by atoms with Gasteiger partial charge in [0.25, 0.3) is 10.0 Å². The number of ether oxygens (including phenoxy) is 3. The van der Waals surface area contributed by atoms with E-state index in [9.17, 15) is 18.0 Å². The quantitative estimate of drug-likeness (QED) is 0.151. The van der Waals surface area contributed by atoms with Gasteiger partial charge in [0.2, 0.25) is 5.13 Å². The summed E-state index contributed by atoms with van der Waals surface area (Å²) in [5.41, 5.74) is 1.51. The van der Waals surface area contributed by atoms with Crippen molar-refractivity contribution >= 4 is 43.9 Å². The second-order valence-corrected chi connectivity index (χ2v) is 15.0. The molecule has 0 bridgehead atoms. The second kappa shape index (κ2) is 14.9. The van der Waals surface area contributed by atoms with Crippen LogP contribution < -0.4 is 24.9 Å². The van der Waals surface area contributed by atoms with E-state index in [0.717, 1.165) is 39.1 Å². The SMILES string of the molecule is COc1ccc(CN(c2ncns2)S(=O)(=O)c2cc3oc(=O)n(Cc4ccccc4C(C)CCNC(=O)OC(C)(C)C)c3cc2F)c(OC)c1. The lowest BCUT2D eigenvalue weighted by atomic mass is 9.93. The number of rotatable bonds is 13. The lowest BCUT2D eigenvalue weighted by Crippen LogP contribution is -2.33. The predicted molar refractivity (Wildman–Crippen MR) is 186 cm³/mol. The van der Waals surface area contributed by atoms with Crippen LogP contribution in [0.1, 0.15) is 56.7 Å². The van der Waals surface area contributed by atoms with Gasteiger partial charge in [-0.15, -0.1) is 0 Å². The molecule has 3 aromatic carbocycles. The van der Waals surface area contributed by atoms with Crippen molar-refractivity contribution in [3.05, 3.63) is 94.0 Å². The van der Waals surface area contributed by atoms with Crippen LogP contribution in [0.2, 0.25) is 0 Å². The maximum absolute atomic E-state index is 16.0. The highest BCUT2D eigenvalue weighted by atomic mass is 32.2. The number of anilines is 1. The number of nitrogens with zero attached hydrogens (tertiary/aromatic N) is 4. The number of nitrogens with one attached hydrogen (secondary N) is 1. The zero-order valence-electron chi connectivity index (χ0n) is 28.4. The number of oxazole rings is 1. The third kappa shape index (κ3) is 8.08. The van der Waals surface area contributed by atoms with Crippen LogP contribution >= 0.6 is 11.5 Å². The molecule has 266 valence electrons. The van der Waals surface area contributed by atoms with E-state index < -0.39 is 38.2 Å². The van der Waals surface area contributed by atoms with E-state index in [1.54, 1.807) is 39.0 Å². The predicted octanol–water partition coefficient (Wildman–Crippen LogP) is 6.06. The summed E-state index contributed by atoms with van der Waals surface area (Å²) in [6.07, 6.45) is 1.27. The van der Waals surface area contributed by atoms with Gasteiger partial charge in [-0.3, -0.25) is 4.57 Å². The van der Waals surface area contributed by atoms with Crippen LogP contribution in [-0.4, -0.2) is 54.8 Å². The molecule has 0 spiro atoms. The first-order chi connectivity index (χ1) is 23.7. The molecule has 0 fully saturated rings. The normalized spacial score (nSPS) is 12.5. The molecule has 1 unspecified atom stereocenters. The topological polar surface area (TPSA) is 155 Å². The van der Waals surface area contributed by atoms with Crippen molar-refractivity contribution in [1.82, 2.24) is 19.2 Å². The zero-order valence-corrected chi connectivity index (χ0v) is 30.1. The number of aromatic nitrogens is 3. The third-order valence-corrected chi connectivity index (χ3v) is 10.4. The van der Waals surface area contributed by atoms with Crippen LogP contribution in [0.15, 0.2) is 75.0 Å². The fraction of sp³-hybridized carbons (Fsp3) is 0.353. The summed E-state index contributed by atoms with van der Waals surface area (Å²) >= 11 is 0.815. The van der Waals surface area contributed by atoms with E-state index in [0.29, 0.717) is 30.0 Å². The molecule has 5 aromatic rings. The Bertz CT molecular complexity index is 2140. The summed E-state index contributed by atoms with van der Waals surface area (Å²) in [5, 5.41) is 2.75. The summed E-state index contributed by atoms with van der Waals surface area (Å²) in [5.74, 6) is -1.05. The molecule has 2 heterocycles. The van der Waals surface area contributed by atoms with E-state index in [2.05, 4.69) is 14.7 Å². The minimum atomic E-state index is -4.62. The monoisotopic (exact) mass is 727 g/mol. The van der Waals surface area contributed by atoms with Gasteiger partial charge in [-0.2, -0.15) is 4.37 Å². The fourth-order valence-corrected chi connectivity index (χ4v) is 7.58. The Morgan fingerprint density at radius 2 is 1.86 bits per heavy atom. The highest BCUT2D eigenvalue weighted by Gasteiger charge is 2.32. The number of hydrogen-bond donors (Lipinski definition) is 1. The highest BCUT2D eigenvalue weighted by Crippen LogP contribution is 2.34. The molecular formula is C34H38FN5O8S2. The van der Waals surface area contributed by atoms with Gasteiger partial charge in [-0.1, -0.05) is 31.2 Å². The minimum absolute atomic E-state index is 0.00610. The largest absolute Gasteiger partial charge is 0.497 e. The van der Waals surface area contributed by atoms with Gasteiger partial charge in [0.05, 0.1) is 32.8 Å². The average molecular weight is 728 g/mol. The Labute approximate surface area is 292 Å². The molecule has 0 saturated carbocycles. The fourth-order valence-electron chi connectivity index (χ4n) is 5.39. The number of fused-ring (bicyclic) bond motifs is 1. The Morgan fingerprint density at radius 1 is 1.10 bits per heavy atom. The maximum atomic E-state index is 16.0. The number of carbonyl (C=O) groups excluding carboxylic acids is 1. The molecule has 0 aliphatic rings. The molecule has 16 heteroatoms. The van der Waals surface area contributed by atoms with Crippen LogP contribution in [-0.2, 0) is 27.8 Å². The first-order valence-corrected chi connectivity index (χ1v) is 17.8. The molecule has 0 aliphatic carbocycles. The molecule has 13 nitrogen and oxygen atoms in total. The van der Waals surface area contributed by atoms with Crippen LogP contribution in [0.25, 0.3) is 11.1 Å². The molecule has 50 heavy (non-hydrogen) atoms. The van der Waals surface area contributed by atoms with Crippen LogP contribution in [0.5, 0.6) is 11.5 Å². The summed E-state index contributed by atoms with van der Waals surface area (Å²) in [7, 11) is -1.69. The number of hydrogen-bond acceptors (Lipinski definition) is 11. The number of carbonyl (C=O) groups is 1. The van der Waals surface area contributed by atoms with Crippen molar-refractivity contribution in [2.75, 3.05) is 25.1 Å². The standard InChI is InChI=1S/C34H38FN5O8S2/c1-21(13-14-36-32(41)48-34(2,3)4)25-10-8-7-9-22(25)18-39-27-16-26(35)30(17-29(27)47-33(39)42)50(43,44)40(31-37-20-38-49-31)19-23-11-12-24(45-5)15-28(23)46-6/h7-12,15-17,20-21H,13-14,18-19H2,1-6H3,(H,36,41). The van der Waals surface area contributed by atoms with Crippen LogP contribution in [0.3, 0.4) is 0 Å². The highest BCUT2D eigenvalue weighted by molar-refractivity contribution is 7.93. The molecule has 1 atom stereocenters. The van der Waals surface area contributed by atoms with Crippen molar-refractivity contribution in [1.29, 1.82) is 0 Å². The van der Waals surface area contributed by atoms with Crippen molar-refractivity contribution in [2.45, 2.75) is 63.6 Å². The molecular weight excluding hydrogens is 690 g/mol. The smallest absolute Gasteiger partial charge is 0.420 e. The molecule has 5 rings (SSSR count). The first-order valence-electron chi connectivity index (χ1n) is 15.6. The zero-order chi connectivity index (χ0) is 36.2. The number of benzene rings is 3. The summed E-state index contributed by atoms with van der Waals surface area (Å²) in [6.45, 7) is 7.48. The molecule has 1 amide bonds. The average Bonchev–Trinajstić information content (AvgIpc) is 3.70. The summed E-state index contributed by atoms with van der Waals surface area (Å²) in [4.78, 5) is 28.6. The van der Waals surface area contributed by atoms with E-state index in [-0.39, 0.29) is 35.2 Å². The van der Waals surface area contributed by atoms with Crippen LogP contribution in [0, 0.1) is 5.82 Å². The second-order valence-electron chi connectivity index (χ2n) is 12.4. The van der Waals surface area contributed by atoms with E-state index in [4.69, 9.17) is 18.6 Å². The van der Waals surface area contributed by atoms with Gasteiger partial charge in [0.1, 0.15) is 34.1 Å². The Kier molecular flexibility index (Phi) is 10.8. The van der Waals surface area contributed by atoms with Gasteiger partial charge in [-0.05, 0) is 56.4 Å². The molecule has 1 N–H and O–H groups in total. The lowest BCUT2D eigenvalue weighted by molar-refractivity contribution is 0.0526. The molecule has 0 aliphatic heterocycles. The number of amides is 1. The third-order valence-electron chi connectivity index (χ3n) is 7.82. The maximum Gasteiger partial charge on any atom is 0.420 e. The number of sulfonamides is 1. The van der Waals surface area contributed by atoms with E-state index in [1.807, 2.05) is 31.2 Å². The van der Waals surface area contributed by atoms with Gasteiger partial charge < -0.3 is 23.9 Å². The molecule has 0 saturated heterocycles. The number of methoxy groups -OCH3 is 2. The Hall–Kier alpha value is -4.96. The Balaban J connectivity index is 1.44. The van der Waals surface area contributed by atoms with Crippen molar-refractivity contribution in [3.63, 3.8) is 0 Å². The number of halogens is 1. The van der Waals surface area contributed by atoms with Gasteiger partial charge in [0, 0.05) is 41.8 Å². The van der Waals surface area contributed by atoms with E-state index >= 15 is 4.39 Å². The first kappa shape index (κ1) is 36.3. The van der Waals surface area contributed by atoms with Crippen molar-refractivity contribution in [3.8, 4) is 11.5 Å². The molecule has 0 radical (unpaired) electrons. The molecule has 2 aromatic heterocycles. The van der Waals surface area contributed by atoms with Crippen molar-refractivity contribution in [2.24, 2.45) is 0 Å². The summed E-state index contributed by atoms with van der Waals surface area (Å²) < 4.78 is 71.8. The Morgan fingerprint density at radius 3 is 2.54 bits per heavy atom. The van der Waals surface area contributed by atoms with Crippen molar-refractivity contribution < 1.29 is 36.2 Å². The minimum Gasteiger partial charge on any atom is -0.497 e. The van der Waals surface area contributed by atoms with E-state index in [1.165, 1.54) is 25.1 Å². The van der Waals surface area contributed by atoms with Gasteiger partial charge in [-0.25, -0.2) is 31.7 Å². The number of alkyl carbamates (subject to hydrolysis) is 1. The lowest BCUT2D eigenvalue weighted by Gasteiger charge is -2.23. The summed E-state index contributed by atoms with van der Waals surface area (Å²) in [6, 6.07) is 14.3.